The summed E-state index contributed by atoms with van der Waals surface area (Å²) in [5.74, 6) is 2.47. The molecule has 0 heterocycles. The molecular formula is C23H26N2O3. The van der Waals surface area contributed by atoms with E-state index in [1.54, 1.807) is 0 Å². The van der Waals surface area contributed by atoms with E-state index in [4.69, 9.17) is 4.74 Å². The first-order valence-corrected chi connectivity index (χ1v) is 10.3. The van der Waals surface area contributed by atoms with E-state index in [2.05, 4.69) is 10.6 Å². The van der Waals surface area contributed by atoms with E-state index in [1.807, 2.05) is 42.5 Å². The van der Waals surface area contributed by atoms with Crippen molar-refractivity contribution >= 4 is 22.7 Å². The SMILES string of the molecule is O=C(COc1cccc2ccccc12)NC(=O)NC12CC3CC(CC(C3)C1)C2. The zero-order valence-corrected chi connectivity index (χ0v) is 15.9. The Balaban J connectivity index is 1.18. The molecule has 3 amide bonds. The number of nitrogens with one attached hydrogen (secondary N) is 2. The lowest BCUT2D eigenvalue weighted by Gasteiger charge is -2.56. The van der Waals surface area contributed by atoms with Crippen molar-refractivity contribution in [1.29, 1.82) is 0 Å². The van der Waals surface area contributed by atoms with Crippen LogP contribution >= 0.6 is 0 Å². The zero-order chi connectivity index (χ0) is 19.1. The van der Waals surface area contributed by atoms with Crippen LogP contribution in [0.2, 0.25) is 0 Å². The highest BCUT2D eigenvalue weighted by atomic mass is 16.5. The molecule has 0 saturated heterocycles. The Morgan fingerprint density at radius 1 is 0.929 bits per heavy atom. The highest BCUT2D eigenvalue weighted by molar-refractivity contribution is 5.95. The molecule has 4 fully saturated rings. The molecule has 0 spiro atoms. The molecule has 0 unspecified atom stereocenters. The van der Waals surface area contributed by atoms with Gasteiger partial charge in [-0.1, -0.05) is 36.4 Å². The molecule has 6 rings (SSSR count). The number of ether oxygens (including phenoxy) is 1. The predicted octanol–water partition coefficient (Wildman–Crippen LogP) is 4.01. The van der Waals surface area contributed by atoms with E-state index >= 15 is 0 Å². The van der Waals surface area contributed by atoms with Crippen LogP contribution in [0.1, 0.15) is 38.5 Å². The maximum atomic E-state index is 12.5. The van der Waals surface area contributed by atoms with Gasteiger partial charge in [0.2, 0.25) is 0 Å². The Labute approximate surface area is 164 Å². The summed E-state index contributed by atoms with van der Waals surface area (Å²) in [5.41, 5.74) is -0.102. The minimum Gasteiger partial charge on any atom is -0.483 e. The number of fused-ring (bicyclic) bond motifs is 1. The zero-order valence-electron chi connectivity index (χ0n) is 15.9. The molecule has 28 heavy (non-hydrogen) atoms. The van der Waals surface area contributed by atoms with E-state index in [9.17, 15) is 9.59 Å². The van der Waals surface area contributed by atoms with Crippen LogP contribution in [0, 0.1) is 17.8 Å². The lowest BCUT2D eigenvalue weighted by Crippen LogP contribution is -2.62. The molecule has 0 atom stereocenters. The van der Waals surface area contributed by atoms with E-state index in [0.717, 1.165) is 47.8 Å². The topological polar surface area (TPSA) is 67.4 Å². The van der Waals surface area contributed by atoms with Crippen LogP contribution in [0.25, 0.3) is 10.8 Å². The quantitative estimate of drug-likeness (QED) is 0.845. The molecule has 4 aliphatic carbocycles. The largest absolute Gasteiger partial charge is 0.483 e. The van der Waals surface area contributed by atoms with Crippen molar-refractivity contribution in [2.45, 2.75) is 44.1 Å². The number of benzene rings is 2. The fourth-order valence-electron chi connectivity index (χ4n) is 6.16. The number of rotatable bonds is 4. The first kappa shape index (κ1) is 17.5. The summed E-state index contributed by atoms with van der Waals surface area (Å²) in [5, 5.41) is 7.63. The van der Waals surface area contributed by atoms with Crippen molar-refractivity contribution in [3.05, 3.63) is 42.5 Å². The summed E-state index contributed by atoms with van der Waals surface area (Å²) in [6.07, 6.45) is 7.15. The van der Waals surface area contributed by atoms with Gasteiger partial charge < -0.3 is 10.1 Å². The van der Waals surface area contributed by atoms with Gasteiger partial charge in [0.25, 0.3) is 5.91 Å². The van der Waals surface area contributed by atoms with Gasteiger partial charge in [0.05, 0.1) is 0 Å². The summed E-state index contributed by atoms with van der Waals surface area (Å²) >= 11 is 0. The number of amides is 3. The first-order chi connectivity index (χ1) is 13.6. The minimum absolute atomic E-state index is 0.102. The monoisotopic (exact) mass is 378 g/mol. The van der Waals surface area contributed by atoms with Gasteiger partial charge in [0.1, 0.15) is 5.75 Å². The normalized spacial score (nSPS) is 30.2. The van der Waals surface area contributed by atoms with Gasteiger partial charge >= 0.3 is 6.03 Å². The highest BCUT2D eigenvalue weighted by Crippen LogP contribution is 2.55. The summed E-state index contributed by atoms with van der Waals surface area (Å²) in [7, 11) is 0. The third kappa shape index (κ3) is 3.34. The smallest absolute Gasteiger partial charge is 0.321 e. The average molecular weight is 378 g/mol. The second-order valence-electron chi connectivity index (χ2n) is 8.97. The number of carbonyl (C=O) groups excluding carboxylic acids is 2. The molecule has 146 valence electrons. The summed E-state index contributed by atoms with van der Waals surface area (Å²) in [6, 6.07) is 13.2. The van der Waals surface area contributed by atoms with Crippen molar-refractivity contribution in [1.82, 2.24) is 10.6 Å². The highest BCUT2D eigenvalue weighted by Gasteiger charge is 2.51. The van der Waals surface area contributed by atoms with Crippen LogP contribution in [0.4, 0.5) is 4.79 Å². The fourth-order valence-corrected chi connectivity index (χ4v) is 6.16. The van der Waals surface area contributed by atoms with Crippen molar-refractivity contribution in [3.8, 4) is 5.75 Å². The molecule has 2 N–H and O–H groups in total. The van der Waals surface area contributed by atoms with Gasteiger partial charge in [-0.05, 0) is 67.7 Å². The predicted molar refractivity (Wildman–Crippen MR) is 107 cm³/mol. The van der Waals surface area contributed by atoms with E-state index in [0.29, 0.717) is 5.75 Å². The molecule has 5 heteroatoms. The van der Waals surface area contributed by atoms with Crippen LogP contribution in [-0.4, -0.2) is 24.1 Å². The van der Waals surface area contributed by atoms with Crippen molar-refractivity contribution in [3.63, 3.8) is 0 Å². The van der Waals surface area contributed by atoms with Crippen molar-refractivity contribution in [2.24, 2.45) is 17.8 Å². The summed E-state index contributed by atoms with van der Waals surface area (Å²) in [4.78, 5) is 24.7. The lowest BCUT2D eigenvalue weighted by molar-refractivity contribution is -0.122. The van der Waals surface area contributed by atoms with Gasteiger partial charge in [-0.2, -0.15) is 0 Å². The van der Waals surface area contributed by atoms with E-state index in [-0.39, 0.29) is 18.2 Å². The molecule has 4 aliphatic rings. The Morgan fingerprint density at radius 2 is 1.57 bits per heavy atom. The molecule has 4 saturated carbocycles. The molecule has 2 aromatic carbocycles. The second-order valence-corrected chi connectivity index (χ2v) is 8.97. The third-order valence-electron chi connectivity index (χ3n) is 6.78. The third-order valence-corrected chi connectivity index (χ3v) is 6.78. The Kier molecular flexibility index (Phi) is 4.26. The molecule has 4 bridgehead atoms. The molecule has 5 nitrogen and oxygen atoms in total. The maximum Gasteiger partial charge on any atom is 0.321 e. The average Bonchev–Trinajstić information content (AvgIpc) is 2.64. The molecule has 0 aromatic heterocycles. The number of hydrogen-bond acceptors (Lipinski definition) is 3. The summed E-state index contributed by atoms with van der Waals surface area (Å²) in [6.45, 7) is -0.178. The van der Waals surface area contributed by atoms with Crippen molar-refractivity contribution < 1.29 is 14.3 Å². The van der Waals surface area contributed by atoms with Crippen LogP contribution in [-0.2, 0) is 4.79 Å². The number of hydrogen-bond donors (Lipinski definition) is 2. The van der Waals surface area contributed by atoms with Gasteiger partial charge in [-0.25, -0.2) is 4.79 Å². The Bertz CT molecular complexity index is 882. The van der Waals surface area contributed by atoms with Crippen LogP contribution < -0.4 is 15.4 Å². The minimum atomic E-state index is -0.421. The van der Waals surface area contributed by atoms with Crippen LogP contribution in [0.15, 0.2) is 42.5 Å². The van der Waals surface area contributed by atoms with E-state index in [1.165, 1.54) is 19.3 Å². The molecule has 0 radical (unpaired) electrons. The first-order valence-electron chi connectivity index (χ1n) is 10.3. The molecule has 0 aliphatic heterocycles. The molecule has 2 aromatic rings. The van der Waals surface area contributed by atoms with Gasteiger partial charge in [0.15, 0.2) is 6.61 Å². The Morgan fingerprint density at radius 3 is 2.29 bits per heavy atom. The number of imide groups is 1. The maximum absolute atomic E-state index is 12.5. The number of urea groups is 1. The lowest BCUT2D eigenvalue weighted by atomic mass is 9.53. The van der Waals surface area contributed by atoms with E-state index < -0.39 is 5.91 Å². The second kappa shape index (κ2) is 6.80. The Hall–Kier alpha value is -2.56. The van der Waals surface area contributed by atoms with Gasteiger partial charge in [-0.15, -0.1) is 0 Å². The van der Waals surface area contributed by atoms with Gasteiger partial charge in [0, 0.05) is 10.9 Å². The van der Waals surface area contributed by atoms with Crippen LogP contribution in [0.3, 0.4) is 0 Å². The fraction of sp³-hybridized carbons (Fsp3) is 0.478. The van der Waals surface area contributed by atoms with Crippen LogP contribution in [0.5, 0.6) is 5.75 Å². The summed E-state index contributed by atoms with van der Waals surface area (Å²) < 4.78 is 5.68. The number of carbonyl (C=O) groups is 2. The standard InChI is InChI=1S/C23H26N2O3/c26-21(14-28-20-7-3-5-18-4-1-2-6-19(18)20)24-22(27)25-23-11-15-8-16(12-23)10-17(9-15)13-23/h1-7,15-17H,8-14H2,(H2,24,25,26,27). The van der Waals surface area contributed by atoms with Gasteiger partial charge in [-0.3, -0.25) is 10.1 Å². The molecular weight excluding hydrogens is 352 g/mol. The van der Waals surface area contributed by atoms with Crippen molar-refractivity contribution in [2.75, 3.05) is 6.61 Å².